The lowest BCUT2D eigenvalue weighted by molar-refractivity contribution is -0.134. The number of imidazole rings is 1. The molecule has 2 atom stereocenters. The summed E-state index contributed by atoms with van der Waals surface area (Å²) in [5.41, 5.74) is 2.71. The normalized spacial score (nSPS) is 22.2. The van der Waals surface area contributed by atoms with Crippen LogP contribution >= 0.6 is 12.4 Å². The topological polar surface area (TPSA) is 53.4 Å². The molecular weight excluding hydrogens is 374 g/mol. The minimum Gasteiger partial charge on any atom is -0.338 e. The number of benzene rings is 1. The lowest BCUT2D eigenvalue weighted by Crippen LogP contribution is -2.50. The van der Waals surface area contributed by atoms with Gasteiger partial charge in [-0.05, 0) is 30.4 Å². The Balaban J connectivity index is 0.00000225. The van der Waals surface area contributed by atoms with Gasteiger partial charge in [-0.15, -0.1) is 12.4 Å². The smallest absolute Gasteiger partial charge is 0.237 e. The molecule has 1 aromatic carbocycles. The first kappa shape index (κ1) is 20.8. The maximum Gasteiger partial charge on any atom is 0.237 e. The molecule has 6 nitrogen and oxygen atoms in total. The molecule has 7 heteroatoms. The van der Waals surface area contributed by atoms with E-state index in [2.05, 4.69) is 44.0 Å². The molecule has 2 heterocycles. The van der Waals surface area contributed by atoms with Crippen LogP contribution in [-0.4, -0.2) is 58.5 Å². The largest absolute Gasteiger partial charge is 0.338 e. The third-order valence-corrected chi connectivity index (χ3v) is 6.05. The number of carbonyl (C=O) groups is 1. The minimum atomic E-state index is 0. The van der Waals surface area contributed by atoms with Crippen LogP contribution in [-0.2, 0) is 18.3 Å². The summed E-state index contributed by atoms with van der Waals surface area (Å²) in [5, 5.41) is 3.44. The van der Waals surface area contributed by atoms with Crippen LogP contribution in [0.4, 0.5) is 0 Å². The number of aromatic nitrogens is 2. The number of rotatable bonds is 4. The van der Waals surface area contributed by atoms with Gasteiger partial charge in [0, 0.05) is 46.1 Å². The predicted octanol–water partition coefficient (Wildman–Crippen LogP) is 2.32. The van der Waals surface area contributed by atoms with Crippen molar-refractivity contribution in [3.63, 3.8) is 0 Å². The van der Waals surface area contributed by atoms with Crippen molar-refractivity contribution < 1.29 is 4.79 Å². The fraction of sp³-hybridized carbons (Fsp3) is 0.524. The summed E-state index contributed by atoms with van der Waals surface area (Å²) in [4.78, 5) is 21.9. The predicted molar refractivity (Wildman–Crippen MR) is 113 cm³/mol. The maximum absolute atomic E-state index is 13.2. The van der Waals surface area contributed by atoms with Gasteiger partial charge in [0.15, 0.2) is 0 Å². The molecule has 1 aliphatic heterocycles. The molecule has 1 aromatic heterocycles. The Morgan fingerprint density at radius 1 is 1.36 bits per heavy atom. The van der Waals surface area contributed by atoms with E-state index >= 15 is 0 Å². The van der Waals surface area contributed by atoms with Crippen molar-refractivity contribution in [2.24, 2.45) is 7.05 Å². The number of likely N-dealkylation sites (N-methyl/N-ethyl adjacent to an activating group) is 1. The number of aryl methyl sites for hydroxylation is 2. The summed E-state index contributed by atoms with van der Waals surface area (Å²) < 4.78 is 2.05. The third kappa shape index (κ3) is 4.09. The Kier molecular flexibility index (Phi) is 6.75. The van der Waals surface area contributed by atoms with Gasteiger partial charge in [-0.2, -0.15) is 0 Å². The van der Waals surface area contributed by atoms with Crippen molar-refractivity contribution in [2.45, 2.75) is 31.3 Å². The Bertz CT molecular complexity index is 808. The quantitative estimate of drug-likeness (QED) is 0.851. The van der Waals surface area contributed by atoms with Gasteiger partial charge < -0.3 is 14.8 Å². The maximum atomic E-state index is 13.2. The van der Waals surface area contributed by atoms with Crippen LogP contribution in [0, 0.1) is 0 Å². The average molecular weight is 404 g/mol. The summed E-state index contributed by atoms with van der Waals surface area (Å²) in [7, 11) is 3.98. The van der Waals surface area contributed by atoms with Crippen molar-refractivity contribution in [3.05, 3.63) is 53.6 Å². The second kappa shape index (κ2) is 9.07. The van der Waals surface area contributed by atoms with Crippen LogP contribution in [0.1, 0.15) is 41.9 Å². The van der Waals surface area contributed by atoms with Gasteiger partial charge in [-0.25, -0.2) is 4.98 Å². The highest BCUT2D eigenvalue weighted by atomic mass is 35.5. The number of hydrogen-bond acceptors (Lipinski definition) is 4. The molecule has 2 unspecified atom stereocenters. The highest BCUT2D eigenvalue weighted by Gasteiger charge is 2.31. The second-order valence-corrected chi connectivity index (χ2v) is 7.70. The van der Waals surface area contributed by atoms with E-state index in [9.17, 15) is 4.79 Å². The molecular formula is C21H30ClN5O. The third-order valence-electron chi connectivity index (χ3n) is 6.05. The van der Waals surface area contributed by atoms with E-state index in [0.717, 1.165) is 44.7 Å². The number of piperazine rings is 1. The molecule has 2 aromatic rings. The van der Waals surface area contributed by atoms with Gasteiger partial charge in [-0.3, -0.25) is 9.69 Å². The lowest BCUT2D eigenvalue weighted by atomic mass is 9.87. The average Bonchev–Trinajstić information content (AvgIpc) is 3.13. The van der Waals surface area contributed by atoms with E-state index in [0.29, 0.717) is 6.54 Å². The van der Waals surface area contributed by atoms with Crippen molar-refractivity contribution in [1.29, 1.82) is 0 Å². The first-order valence-corrected chi connectivity index (χ1v) is 9.90. The monoisotopic (exact) mass is 403 g/mol. The Labute approximate surface area is 173 Å². The minimum absolute atomic E-state index is 0. The zero-order valence-electron chi connectivity index (χ0n) is 16.7. The summed E-state index contributed by atoms with van der Waals surface area (Å²) in [6.07, 6.45) is 7.10. The van der Waals surface area contributed by atoms with E-state index in [1.54, 1.807) is 0 Å². The molecule has 1 N–H and O–H groups in total. The number of nitrogens with zero attached hydrogens (tertiary/aromatic N) is 4. The molecule has 1 aliphatic carbocycles. The number of nitrogens with one attached hydrogen (secondary N) is 1. The SMILES string of the molecule is CN(C(=O)CN1CCNCC1c1nccn1C)C1CCCc2ccccc21.Cl. The van der Waals surface area contributed by atoms with Crippen molar-refractivity contribution >= 4 is 18.3 Å². The van der Waals surface area contributed by atoms with Gasteiger partial charge in [0.1, 0.15) is 5.82 Å². The zero-order chi connectivity index (χ0) is 18.8. The van der Waals surface area contributed by atoms with E-state index in [1.165, 1.54) is 11.1 Å². The summed E-state index contributed by atoms with van der Waals surface area (Å²) in [5.74, 6) is 1.21. The fourth-order valence-corrected chi connectivity index (χ4v) is 4.48. The van der Waals surface area contributed by atoms with Crippen LogP contribution in [0.25, 0.3) is 0 Å². The molecule has 28 heavy (non-hydrogen) atoms. The number of halogens is 1. The number of fused-ring (bicyclic) bond motifs is 1. The van der Waals surface area contributed by atoms with Crippen LogP contribution in [0.2, 0.25) is 0 Å². The molecule has 152 valence electrons. The van der Waals surface area contributed by atoms with Crippen molar-refractivity contribution in [2.75, 3.05) is 33.2 Å². The molecule has 0 spiro atoms. The van der Waals surface area contributed by atoms with Crippen LogP contribution in [0.15, 0.2) is 36.7 Å². The van der Waals surface area contributed by atoms with Gasteiger partial charge in [0.25, 0.3) is 0 Å². The fourth-order valence-electron chi connectivity index (χ4n) is 4.48. The molecule has 1 saturated heterocycles. The van der Waals surface area contributed by atoms with Gasteiger partial charge in [-0.1, -0.05) is 24.3 Å². The van der Waals surface area contributed by atoms with Gasteiger partial charge in [0.2, 0.25) is 5.91 Å². The number of hydrogen-bond donors (Lipinski definition) is 1. The second-order valence-electron chi connectivity index (χ2n) is 7.70. The molecule has 0 radical (unpaired) electrons. The first-order chi connectivity index (χ1) is 13.1. The Hall–Kier alpha value is -1.89. The Morgan fingerprint density at radius 3 is 2.96 bits per heavy atom. The molecule has 0 saturated carbocycles. The van der Waals surface area contributed by atoms with Crippen LogP contribution < -0.4 is 5.32 Å². The highest BCUT2D eigenvalue weighted by Crippen LogP contribution is 2.33. The number of amides is 1. The standard InChI is InChI=1S/C21H29N5O.ClH/c1-24-12-11-23-21(24)19-14-22-10-13-26(19)15-20(27)25(2)18-9-5-7-16-6-3-4-8-17(16)18;/h3-4,6,8,11-12,18-19,22H,5,7,9-10,13-15H2,1-2H3;1H. The lowest BCUT2D eigenvalue weighted by Gasteiger charge is -2.38. The van der Waals surface area contributed by atoms with Crippen LogP contribution in [0.3, 0.4) is 0 Å². The number of carbonyl (C=O) groups excluding carboxylic acids is 1. The van der Waals surface area contributed by atoms with E-state index in [1.807, 2.05) is 31.4 Å². The Morgan fingerprint density at radius 2 is 2.18 bits per heavy atom. The molecule has 1 amide bonds. The van der Waals surface area contributed by atoms with E-state index in [-0.39, 0.29) is 30.4 Å². The van der Waals surface area contributed by atoms with Gasteiger partial charge >= 0.3 is 0 Å². The summed E-state index contributed by atoms with van der Waals surface area (Å²) in [6.45, 7) is 3.03. The summed E-state index contributed by atoms with van der Waals surface area (Å²) >= 11 is 0. The van der Waals surface area contributed by atoms with Gasteiger partial charge in [0.05, 0.1) is 18.6 Å². The molecule has 4 rings (SSSR count). The van der Waals surface area contributed by atoms with Crippen LogP contribution in [0.5, 0.6) is 0 Å². The molecule has 0 bridgehead atoms. The highest BCUT2D eigenvalue weighted by molar-refractivity contribution is 5.85. The first-order valence-electron chi connectivity index (χ1n) is 9.90. The zero-order valence-corrected chi connectivity index (χ0v) is 17.5. The molecule has 2 aliphatic rings. The van der Waals surface area contributed by atoms with E-state index in [4.69, 9.17) is 0 Å². The van der Waals surface area contributed by atoms with Crippen molar-refractivity contribution in [3.8, 4) is 0 Å². The molecule has 1 fully saturated rings. The van der Waals surface area contributed by atoms with Crippen molar-refractivity contribution in [1.82, 2.24) is 24.7 Å². The summed E-state index contributed by atoms with van der Waals surface area (Å²) in [6, 6.07) is 8.90. The van der Waals surface area contributed by atoms with E-state index < -0.39 is 0 Å².